The molecule has 1 N–H and O–H groups in total. The first-order chi connectivity index (χ1) is 17.2. The van der Waals surface area contributed by atoms with Crippen LogP contribution in [0.3, 0.4) is 0 Å². The molecule has 4 rings (SSSR count). The van der Waals surface area contributed by atoms with Gasteiger partial charge in [-0.3, -0.25) is 23.7 Å². The van der Waals surface area contributed by atoms with E-state index in [1.165, 1.54) is 21.4 Å². The zero-order valence-corrected chi connectivity index (χ0v) is 21.8. The summed E-state index contributed by atoms with van der Waals surface area (Å²) in [6.07, 6.45) is 4.86. The summed E-state index contributed by atoms with van der Waals surface area (Å²) in [5.74, 6) is -0.959. The average Bonchev–Trinajstić information content (AvgIpc) is 3.10. The third-order valence-corrected chi connectivity index (χ3v) is 7.16. The van der Waals surface area contributed by atoms with Crippen molar-refractivity contribution in [3.8, 4) is 11.6 Å². The Kier molecular flexibility index (Phi) is 8.30. The highest BCUT2D eigenvalue weighted by molar-refractivity contribution is 8.26. The second kappa shape index (κ2) is 11.4. The number of pyridine rings is 1. The molecule has 8 nitrogen and oxygen atoms in total. The lowest BCUT2D eigenvalue weighted by atomic mass is 10.2. The number of thioether (sulfide) groups is 1. The molecule has 1 aliphatic rings. The van der Waals surface area contributed by atoms with E-state index in [4.69, 9.17) is 45.3 Å². The smallest absolute Gasteiger partial charge is 0.303 e. The van der Waals surface area contributed by atoms with Crippen LogP contribution in [-0.4, -0.2) is 42.1 Å². The number of aromatic nitrogens is 2. The van der Waals surface area contributed by atoms with Crippen molar-refractivity contribution in [3.05, 3.63) is 73.5 Å². The van der Waals surface area contributed by atoms with Crippen molar-refractivity contribution in [2.24, 2.45) is 0 Å². The summed E-state index contributed by atoms with van der Waals surface area (Å²) in [6.45, 7) is 0.361. The molecule has 1 saturated heterocycles. The molecule has 0 unspecified atom stereocenters. The maximum absolute atomic E-state index is 13.4. The first-order valence-electron chi connectivity index (χ1n) is 10.9. The van der Waals surface area contributed by atoms with Crippen molar-refractivity contribution in [3.63, 3.8) is 0 Å². The average molecular weight is 564 g/mol. The van der Waals surface area contributed by atoms with Gasteiger partial charge in [0.15, 0.2) is 0 Å². The standard InChI is InChI=1S/C24H19Cl2N3O5S2/c25-14-8-9-17(16(26)12-14)34-21-15(22(32)28-10-5-3-6-19(28)27-21)13-18-23(33)29(24(35)36-18)11-4-1-2-7-20(30)31/h3,5-6,8-10,12-13H,1-2,4,7,11H2,(H,30,31)/b18-13+. The Balaban J connectivity index is 1.66. The predicted octanol–water partition coefficient (Wildman–Crippen LogP) is 5.64. The number of amides is 1. The summed E-state index contributed by atoms with van der Waals surface area (Å²) < 4.78 is 7.64. The van der Waals surface area contributed by atoms with E-state index in [1.54, 1.807) is 36.5 Å². The molecule has 1 aromatic carbocycles. The number of carbonyl (C=O) groups is 2. The summed E-state index contributed by atoms with van der Waals surface area (Å²) in [4.78, 5) is 43.3. The maximum atomic E-state index is 13.4. The molecule has 1 amide bonds. The summed E-state index contributed by atoms with van der Waals surface area (Å²) >= 11 is 18.7. The van der Waals surface area contributed by atoms with Crippen LogP contribution in [0.2, 0.25) is 10.0 Å². The Labute approximate surface area is 225 Å². The molecule has 0 aliphatic carbocycles. The lowest BCUT2D eigenvalue weighted by molar-refractivity contribution is -0.137. The monoisotopic (exact) mass is 563 g/mol. The number of fused-ring (bicyclic) bond motifs is 1. The van der Waals surface area contributed by atoms with Crippen molar-refractivity contribution in [2.45, 2.75) is 25.7 Å². The number of aliphatic carboxylic acids is 1. The van der Waals surface area contributed by atoms with Crippen LogP contribution in [0.25, 0.3) is 11.7 Å². The molecule has 0 radical (unpaired) electrons. The number of ether oxygens (including phenoxy) is 1. The third kappa shape index (κ3) is 5.89. The normalized spacial score (nSPS) is 14.7. The third-order valence-electron chi connectivity index (χ3n) is 5.26. The molecule has 1 aliphatic heterocycles. The molecule has 186 valence electrons. The number of carboxylic acids is 1. The molecule has 0 bridgehead atoms. The SMILES string of the molecule is O=C(O)CCCCCN1C(=O)/C(=C\c2c(Oc3ccc(Cl)cc3Cl)nc3ccccn3c2=O)SC1=S. The van der Waals surface area contributed by atoms with Crippen molar-refractivity contribution in [1.82, 2.24) is 14.3 Å². The van der Waals surface area contributed by atoms with Crippen LogP contribution in [0.15, 0.2) is 52.3 Å². The van der Waals surface area contributed by atoms with Gasteiger partial charge < -0.3 is 9.84 Å². The fourth-order valence-electron chi connectivity index (χ4n) is 3.49. The minimum absolute atomic E-state index is 0.0191. The zero-order valence-electron chi connectivity index (χ0n) is 18.6. The van der Waals surface area contributed by atoms with Crippen LogP contribution < -0.4 is 10.3 Å². The van der Waals surface area contributed by atoms with E-state index in [2.05, 4.69) is 4.98 Å². The Morgan fingerprint density at radius 3 is 2.72 bits per heavy atom. The Morgan fingerprint density at radius 2 is 1.97 bits per heavy atom. The van der Waals surface area contributed by atoms with Crippen LogP contribution in [0.5, 0.6) is 11.6 Å². The molecule has 0 atom stereocenters. The van der Waals surface area contributed by atoms with E-state index in [-0.39, 0.29) is 39.4 Å². The number of hydrogen-bond acceptors (Lipinski definition) is 7. The number of unbranched alkanes of at least 4 members (excludes halogenated alkanes) is 2. The number of carboxylic acid groups (broad SMARTS) is 1. The quantitative estimate of drug-likeness (QED) is 0.203. The largest absolute Gasteiger partial charge is 0.481 e. The number of rotatable bonds is 9. The van der Waals surface area contributed by atoms with Gasteiger partial charge in [-0.25, -0.2) is 0 Å². The maximum Gasteiger partial charge on any atom is 0.303 e. The molecule has 12 heteroatoms. The second-order valence-electron chi connectivity index (χ2n) is 7.78. The number of benzene rings is 1. The van der Waals surface area contributed by atoms with Crippen LogP contribution in [0.4, 0.5) is 0 Å². The summed E-state index contributed by atoms with van der Waals surface area (Å²) in [6, 6.07) is 9.76. The predicted molar refractivity (Wildman–Crippen MR) is 144 cm³/mol. The highest BCUT2D eigenvalue weighted by Crippen LogP contribution is 2.36. The number of halogens is 2. The van der Waals surface area contributed by atoms with E-state index in [0.717, 1.165) is 11.8 Å². The minimum Gasteiger partial charge on any atom is -0.481 e. The van der Waals surface area contributed by atoms with Gasteiger partial charge >= 0.3 is 5.97 Å². The van der Waals surface area contributed by atoms with Gasteiger partial charge in [-0.05, 0) is 49.2 Å². The lowest BCUT2D eigenvalue weighted by Gasteiger charge is -2.14. The molecular weight excluding hydrogens is 545 g/mol. The van der Waals surface area contributed by atoms with Crippen LogP contribution in [-0.2, 0) is 9.59 Å². The highest BCUT2D eigenvalue weighted by atomic mass is 35.5. The van der Waals surface area contributed by atoms with E-state index in [9.17, 15) is 14.4 Å². The summed E-state index contributed by atoms with van der Waals surface area (Å²) in [5.41, 5.74) is -0.0139. The van der Waals surface area contributed by atoms with Gasteiger partial charge in [0.25, 0.3) is 11.5 Å². The van der Waals surface area contributed by atoms with E-state index >= 15 is 0 Å². The minimum atomic E-state index is -0.850. The highest BCUT2D eigenvalue weighted by Gasteiger charge is 2.32. The number of nitrogens with zero attached hydrogens (tertiary/aromatic N) is 3. The van der Waals surface area contributed by atoms with Crippen LogP contribution in [0.1, 0.15) is 31.2 Å². The molecule has 36 heavy (non-hydrogen) atoms. The first kappa shape index (κ1) is 26.2. The fourth-order valence-corrected chi connectivity index (χ4v) is 5.23. The van der Waals surface area contributed by atoms with Gasteiger partial charge in [0.2, 0.25) is 5.88 Å². The van der Waals surface area contributed by atoms with Crippen molar-refractivity contribution >= 4 is 75.1 Å². The molecule has 1 fully saturated rings. The molecule has 2 aromatic heterocycles. The Hall–Kier alpha value is -2.92. The van der Waals surface area contributed by atoms with Crippen LogP contribution >= 0.6 is 47.2 Å². The zero-order chi connectivity index (χ0) is 25.8. The van der Waals surface area contributed by atoms with Gasteiger partial charge in [-0.2, -0.15) is 4.98 Å². The van der Waals surface area contributed by atoms with Gasteiger partial charge in [0, 0.05) is 24.2 Å². The lowest BCUT2D eigenvalue weighted by Crippen LogP contribution is -2.29. The number of carbonyl (C=O) groups excluding carboxylic acids is 1. The van der Waals surface area contributed by atoms with Crippen LogP contribution in [0, 0.1) is 0 Å². The molecule has 0 spiro atoms. The van der Waals surface area contributed by atoms with E-state index < -0.39 is 11.5 Å². The van der Waals surface area contributed by atoms with Crippen molar-refractivity contribution in [2.75, 3.05) is 6.54 Å². The Bertz CT molecular complexity index is 1460. The molecule has 3 heterocycles. The van der Waals surface area contributed by atoms with Gasteiger partial charge in [-0.1, -0.05) is 59.7 Å². The molecule has 3 aromatic rings. The summed E-state index contributed by atoms with van der Waals surface area (Å²) in [7, 11) is 0. The van der Waals surface area contributed by atoms with Gasteiger partial charge in [0.05, 0.1) is 9.93 Å². The second-order valence-corrected chi connectivity index (χ2v) is 10.3. The van der Waals surface area contributed by atoms with E-state index in [1.807, 2.05) is 0 Å². The summed E-state index contributed by atoms with van der Waals surface area (Å²) in [5, 5.41) is 9.42. The first-order valence-corrected chi connectivity index (χ1v) is 12.8. The van der Waals surface area contributed by atoms with Crippen molar-refractivity contribution < 1.29 is 19.4 Å². The molecular formula is C24H19Cl2N3O5S2. The molecule has 0 saturated carbocycles. The number of hydrogen-bond donors (Lipinski definition) is 1. The number of thiocarbonyl (C=S) groups is 1. The van der Waals surface area contributed by atoms with Gasteiger partial charge in [0.1, 0.15) is 21.3 Å². The Morgan fingerprint density at radius 1 is 1.17 bits per heavy atom. The van der Waals surface area contributed by atoms with E-state index in [0.29, 0.717) is 40.8 Å². The topological polar surface area (TPSA) is 101 Å². The fraction of sp³-hybridized carbons (Fsp3) is 0.208. The van der Waals surface area contributed by atoms with Crippen molar-refractivity contribution in [1.29, 1.82) is 0 Å². The van der Waals surface area contributed by atoms with Gasteiger partial charge in [-0.15, -0.1) is 0 Å².